The number of hydrazone groups is 1. The third kappa shape index (κ3) is 6.01. The fourth-order valence-electron chi connectivity index (χ4n) is 4.64. The number of hydrogen-bond donors (Lipinski definition) is 3. The SMILES string of the molecule is N/C(=N\S(=O)(=O)c1ccc(Cl)cc1)N1CC(O)(c2ccccc2)C(c2ccc(OCc3ccc(-c4nn[nH]n4)cc3)cc2)=N1. The maximum atomic E-state index is 12.9. The van der Waals surface area contributed by atoms with E-state index in [1.54, 1.807) is 48.5 Å². The molecule has 1 aliphatic heterocycles. The van der Waals surface area contributed by atoms with Gasteiger partial charge in [-0.3, -0.25) is 0 Å². The molecule has 0 radical (unpaired) electrons. The number of halogens is 1. The van der Waals surface area contributed by atoms with E-state index in [0.29, 0.717) is 34.3 Å². The molecule has 12 nitrogen and oxygen atoms in total. The second-order valence-electron chi connectivity index (χ2n) is 9.86. The number of aromatic nitrogens is 4. The van der Waals surface area contributed by atoms with Gasteiger partial charge in [-0.05, 0) is 64.9 Å². The highest BCUT2D eigenvalue weighted by Gasteiger charge is 2.44. The van der Waals surface area contributed by atoms with Crippen molar-refractivity contribution in [2.75, 3.05) is 6.54 Å². The first kappa shape index (κ1) is 29.0. The van der Waals surface area contributed by atoms with Crippen LogP contribution in [-0.4, -0.2) is 57.4 Å². The number of benzene rings is 4. The minimum Gasteiger partial charge on any atom is -0.489 e. The Bertz CT molecular complexity index is 1920. The Kier molecular flexibility index (Phi) is 7.82. The number of guanidine groups is 1. The van der Waals surface area contributed by atoms with Crippen LogP contribution in [-0.2, 0) is 22.2 Å². The summed E-state index contributed by atoms with van der Waals surface area (Å²) in [7, 11) is -4.16. The molecule has 0 fully saturated rings. The van der Waals surface area contributed by atoms with Gasteiger partial charge in [0, 0.05) is 16.1 Å². The van der Waals surface area contributed by atoms with E-state index in [1.807, 2.05) is 30.3 Å². The summed E-state index contributed by atoms with van der Waals surface area (Å²) in [4.78, 5) is -0.0786. The minimum absolute atomic E-state index is 0.0786. The van der Waals surface area contributed by atoms with Crippen LogP contribution in [0.25, 0.3) is 11.4 Å². The van der Waals surface area contributed by atoms with Crippen molar-refractivity contribution in [3.05, 3.63) is 125 Å². The molecule has 0 saturated heterocycles. The van der Waals surface area contributed by atoms with Crippen LogP contribution in [0.5, 0.6) is 5.75 Å². The molecule has 0 bridgehead atoms. The number of tetrazole rings is 1. The number of nitrogens with two attached hydrogens (primary N) is 1. The molecule has 4 N–H and O–H groups in total. The van der Waals surface area contributed by atoms with Gasteiger partial charge in [-0.15, -0.1) is 14.6 Å². The Balaban J connectivity index is 1.23. The standard InChI is InChI=1S/C30H25ClN8O4S/c31-24-12-16-26(17-13-24)44(41,42)36-29(32)39-19-30(40,23-4-2-1-3-5-23)27(35-39)21-10-14-25(15-11-21)43-18-20-6-8-22(9-7-20)28-33-37-38-34-28/h1-17,40H,18-19H2,(H2,32,36)(H,33,34,37,38). The molecule has 0 spiro atoms. The molecule has 14 heteroatoms. The second kappa shape index (κ2) is 11.9. The Labute approximate surface area is 257 Å². The summed E-state index contributed by atoms with van der Waals surface area (Å²) in [5.74, 6) is 0.715. The van der Waals surface area contributed by atoms with Crippen molar-refractivity contribution in [1.82, 2.24) is 25.6 Å². The fraction of sp³-hybridized carbons (Fsp3) is 0.100. The number of rotatable bonds is 8. The molecule has 1 aromatic heterocycles. The zero-order valence-corrected chi connectivity index (χ0v) is 24.5. The normalized spacial score (nSPS) is 17.0. The molecular weight excluding hydrogens is 604 g/mol. The van der Waals surface area contributed by atoms with Crippen LogP contribution in [0.3, 0.4) is 0 Å². The third-order valence-electron chi connectivity index (χ3n) is 6.92. The van der Waals surface area contributed by atoms with E-state index >= 15 is 0 Å². The van der Waals surface area contributed by atoms with Crippen LogP contribution in [0.15, 0.2) is 118 Å². The summed E-state index contributed by atoms with van der Waals surface area (Å²) in [5, 5.41) is 32.0. The van der Waals surface area contributed by atoms with Crippen LogP contribution in [0.4, 0.5) is 0 Å². The van der Waals surface area contributed by atoms with Gasteiger partial charge in [0.05, 0.1) is 11.4 Å². The van der Waals surface area contributed by atoms with Crippen molar-refractivity contribution in [2.24, 2.45) is 15.2 Å². The molecule has 0 amide bonds. The van der Waals surface area contributed by atoms with Crippen LogP contribution in [0, 0.1) is 0 Å². The molecule has 44 heavy (non-hydrogen) atoms. The summed E-state index contributed by atoms with van der Waals surface area (Å²) in [6.45, 7) is 0.166. The first-order valence-corrected chi connectivity index (χ1v) is 15.1. The fourth-order valence-corrected chi connectivity index (χ4v) is 5.69. The molecule has 2 heterocycles. The number of H-pyrrole nitrogens is 1. The molecular formula is C30H25ClN8O4S. The van der Waals surface area contributed by atoms with Gasteiger partial charge in [0.25, 0.3) is 10.0 Å². The summed E-state index contributed by atoms with van der Waals surface area (Å²) < 4.78 is 35.5. The van der Waals surface area contributed by atoms with E-state index in [-0.39, 0.29) is 17.2 Å². The van der Waals surface area contributed by atoms with Gasteiger partial charge < -0.3 is 15.6 Å². The predicted octanol–water partition coefficient (Wildman–Crippen LogP) is 3.71. The average molecular weight is 629 g/mol. The predicted molar refractivity (Wildman–Crippen MR) is 164 cm³/mol. The zero-order chi connectivity index (χ0) is 30.7. The molecule has 6 rings (SSSR count). The van der Waals surface area contributed by atoms with Crippen molar-refractivity contribution in [3.63, 3.8) is 0 Å². The van der Waals surface area contributed by atoms with E-state index in [0.717, 1.165) is 11.1 Å². The van der Waals surface area contributed by atoms with Gasteiger partial charge in [0.15, 0.2) is 5.60 Å². The van der Waals surface area contributed by atoms with Crippen LogP contribution in [0.2, 0.25) is 5.02 Å². The smallest absolute Gasteiger partial charge is 0.285 e. The molecule has 1 unspecified atom stereocenters. The zero-order valence-electron chi connectivity index (χ0n) is 22.9. The summed E-state index contributed by atoms with van der Waals surface area (Å²) >= 11 is 5.89. The number of aliphatic hydroxyl groups is 1. The number of ether oxygens (including phenoxy) is 1. The number of nitrogens with zero attached hydrogens (tertiary/aromatic N) is 6. The Hall–Kier alpha value is -5.11. The van der Waals surface area contributed by atoms with Gasteiger partial charge in [0.2, 0.25) is 11.8 Å². The van der Waals surface area contributed by atoms with E-state index in [1.165, 1.54) is 29.3 Å². The van der Waals surface area contributed by atoms with E-state index in [2.05, 4.69) is 30.1 Å². The minimum atomic E-state index is -4.16. The summed E-state index contributed by atoms with van der Waals surface area (Å²) in [6, 6.07) is 29.2. The lowest BCUT2D eigenvalue weighted by atomic mass is 9.86. The van der Waals surface area contributed by atoms with Crippen molar-refractivity contribution in [2.45, 2.75) is 17.1 Å². The average Bonchev–Trinajstić information content (AvgIpc) is 3.70. The van der Waals surface area contributed by atoms with Crippen molar-refractivity contribution >= 4 is 33.3 Å². The summed E-state index contributed by atoms with van der Waals surface area (Å²) in [5.41, 5.74) is 7.72. The quantitative estimate of drug-likeness (QED) is 0.171. The molecule has 0 saturated carbocycles. The van der Waals surface area contributed by atoms with Crippen molar-refractivity contribution in [1.29, 1.82) is 0 Å². The number of nitrogens with one attached hydrogen (secondary N) is 1. The highest BCUT2D eigenvalue weighted by molar-refractivity contribution is 7.90. The van der Waals surface area contributed by atoms with Gasteiger partial charge in [-0.2, -0.15) is 18.7 Å². The van der Waals surface area contributed by atoms with Crippen LogP contribution >= 0.6 is 11.6 Å². The Morgan fingerprint density at radius 3 is 2.32 bits per heavy atom. The molecule has 222 valence electrons. The lowest BCUT2D eigenvalue weighted by Crippen LogP contribution is -2.42. The Morgan fingerprint density at radius 2 is 1.66 bits per heavy atom. The molecule has 4 aromatic carbocycles. The highest BCUT2D eigenvalue weighted by Crippen LogP contribution is 2.34. The van der Waals surface area contributed by atoms with Gasteiger partial charge in [-0.1, -0.05) is 66.2 Å². The number of sulfonamides is 1. The first-order chi connectivity index (χ1) is 21.2. The Morgan fingerprint density at radius 1 is 0.977 bits per heavy atom. The molecule has 0 aliphatic carbocycles. The summed E-state index contributed by atoms with van der Waals surface area (Å²) in [6.07, 6.45) is 0. The first-order valence-electron chi connectivity index (χ1n) is 13.3. The van der Waals surface area contributed by atoms with Gasteiger partial charge >= 0.3 is 0 Å². The second-order valence-corrected chi connectivity index (χ2v) is 11.9. The molecule has 5 aromatic rings. The number of β-amino-alcohol motifs (C(OH)–C–C–N with tert-alkyl or cyclic N) is 1. The topological polar surface area (TPSA) is 172 Å². The highest BCUT2D eigenvalue weighted by atomic mass is 35.5. The van der Waals surface area contributed by atoms with E-state index < -0.39 is 21.6 Å². The van der Waals surface area contributed by atoms with Gasteiger partial charge in [0.1, 0.15) is 18.1 Å². The number of aromatic amines is 1. The van der Waals surface area contributed by atoms with Crippen molar-refractivity contribution < 1.29 is 18.3 Å². The van der Waals surface area contributed by atoms with Crippen molar-refractivity contribution in [3.8, 4) is 17.1 Å². The monoisotopic (exact) mass is 628 g/mol. The number of hydrogen-bond acceptors (Lipinski definition) is 8. The lowest BCUT2D eigenvalue weighted by molar-refractivity contribution is 0.104. The van der Waals surface area contributed by atoms with E-state index in [9.17, 15) is 13.5 Å². The molecule has 1 atom stereocenters. The van der Waals surface area contributed by atoms with Crippen LogP contribution < -0.4 is 10.5 Å². The lowest BCUT2D eigenvalue weighted by Gasteiger charge is -2.25. The van der Waals surface area contributed by atoms with Gasteiger partial charge in [-0.25, -0.2) is 5.01 Å². The third-order valence-corrected chi connectivity index (χ3v) is 8.47. The van der Waals surface area contributed by atoms with Crippen LogP contribution in [0.1, 0.15) is 16.7 Å². The molecule has 1 aliphatic rings. The largest absolute Gasteiger partial charge is 0.489 e. The maximum Gasteiger partial charge on any atom is 0.285 e. The van der Waals surface area contributed by atoms with E-state index in [4.69, 9.17) is 22.1 Å². The maximum absolute atomic E-state index is 12.9.